The monoisotopic (exact) mass is 373 g/mol. The van der Waals surface area contributed by atoms with Gasteiger partial charge in [0.2, 0.25) is 0 Å². The molecule has 1 aliphatic rings. The van der Waals surface area contributed by atoms with Gasteiger partial charge in [-0.1, -0.05) is 0 Å². The van der Waals surface area contributed by atoms with E-state index in [9.17, 15) is 9.59 Å². The molecule has 0 unspecified atom stereocenters. The van der Waals surface area contributed by atoms with Crippen molar-refractivity contribution < 1.29 is 14.3 Å². The predicted molar refractivity (Wildman–Crippen MR) is 98.5 cm³/mol. The van der Waals surface area contributed by atoms with E-state index in [1.807, 2.05) is 6.92 Å². The molecular weight excluding hydrogens is 354 g/mol. The van der Waals surface area contributed by atoms with Crippen LogP contribution in [0, 0.1) is 6.92 Å². The maximum absolute atomic E-state index is 12.8. The number of rotatable bonds is 2. The van der Waals surface area contributed by atoms with Crippen molar-refractivity contribution in [3.05, 3.63) is 33.5 Å². The van der Waals surface area contributed by atoms with Crippen LogP contribution < -0.4 is 5.56 Å². The molecule has 0 fully saturated rings. The van der Waals surface area contributed by atoms with E-state index in [4.69, 9.17) is 4.74 Å². The zero-order valence-electron chi connectivity index (χ0n) is 15.1. The number of aromatic nitrogens is 3. The minimum Gasteiger partial charge on any atom is -0.468 e. The Labute approximate surface area is 153 Å². The lowest BCUT2D eigenvalue weighted by Crippen LogP contribution is -2.32. The van der Waals surface area contributed by atoms with Crippen LogP contribution in [0.15, 0.2) is 11.1 Å². The standard InChI is InChI=1S/C18H19N3O4S/c1-9-11-7-25-18(2,3)5-10(11)13-14-15(26-16(13)20-9)17(23)21(8-19-14)6-12(22)24-4/h8H,5-7H2,1-4H3. The third-order valence-electron chi connectivity index (χ3n) is 4.75. The number of pyridine rings is 1. The van der Waals surface area contributed by atoms with Crippen LogP contribution in [0.2, 0.25) is 0 Å². The molecule has 3 aromatic rings. The lowest BCUT2D eigenvalue weighted by molar-refractivity contribution is -0.141. The summed E-state index contributed by atoms with van der Waals surface area (Å²) in [4.78, 5) is 34.3. The molecule has 4 rings (SSSR count). The molecule has 136 valence electrons. The predicted octanol–water partition coefficient (Wildman–Crippen LogP) is 2.34. The van der Waals surface area contributed by atoms with Crippen LogP contribution in [0.1, 0.15) is 30.7 Å². The molecule has 26 heavy (non-hydrogen) atoms. The van der Waals surface area contributed by atoms with Crippen molar-refractivity contribution in [3.8, 4) is 0 Å². The highest BCUT2D eigenvalue weighted by Crippen LogP contribution is 2.39. The van der Waals surface area contributed by atoms with Crippen molar-refractivity contribution in [1.29, 1.82) is 0 Å². The molecule has 0 spiro atoms. The largest absolute Gasteiger partial charge is 0.468 e. The second-order valence-corrected chi connectivity index (χ2v) is 8.09. The summed E-state index contributed by atoms with van der Waals surface area (Å²) < 4.78 is 12.4. The average molecular weight is 373 g/mol. The molecule has 0 atom stereocenters. The fourth-order valence-corrected chi connectivity index (χ4v) is 4.53. The third-order valence-corrected chi connectivity index (χ3v) is 5.82. The van der Waals surface area contributed by atoms with Gasteiger partial charge in [-0.2, -0.15) is 0 Å². The SMILES string of the molecule is COC(=O)Cn1cnc2c(sc3nc(C)c4c(c32)CC(C)(C)OC4)c1=O. The van der Waals surface area contributed by atoms with E-state index in [1.165, 1.54) is 29.3 Å². The summed E-state index contributed by atoms with van der Waals surface area (Å²) in [7, 11) is 1.29. The van der Waals surface area contributed by atoms with Gasteiger partial charge in [0, 0.05) is 23.1 Å². The summed E-state index contributed by atoms with van der Waals surface area (Å²) in [6.45, 7) is 6.44. The van der Waals surface area contributed by atoms with Crippen molar-refractivity contribution in [1.82, 2.24) is 14.5 Å². The van der Waals surface area contributed by atoms with E-state index in [0.717, 1.165) is 33.5 Å². The maximum Gasteiger partial charge on any atom is 0.325 e. The van der Waals surface area contributed by atoms with Crippen molar-refractivity contribution in [2.45, 2.75) is 45.9 Å². The smallest absolute Gasteiger partial charge is 0.325 e. The van der Waals surface area contributed by atoms with E-state index in [1.54, 1.807) is 0 Å². The fraction of sp³-hybridized carbons (Fsp3) is 0.444. The lowest BCUT2D eigenvalue weighted by atomic mass is 9.89. The van der Waals surface area contributed by atoms with Gasteiger partial charge in [0.05, 0.1) is 31.2 Å². The lowest BCUT2D eigenvalue weighted by Gasteiger charge is -2.32. The minimum atomic E-state index is -0.486. The number of esters is 1. The summed E-state index contributed by atoms with van der Waals surface area (Å²) in [6.07, 6.45) is 2.14. The number of methoxy groups -OCH3 is 1. The number of carbonyl (C=O) groups excluding carboxylic acids is 1. The van der Waals surface area contributed by atoms with Gasteiger partial charge in [-0.15, -0.1) is 11.3 Å². The second kappa shape index (κ2) is 5.85. The first-order valence-corrected chi connectivity index (χ1v) is 9.13. The van der Waals surface area contributed by atoms with E-state index >= 15 is 0 Å². The van der Waals surface area contributed by atoms with Crippen LogP contribution in [0.4, 0.5) is 0 Å². The Morgan fingerprint density at radius 2 is 2.19 bits per heavy atom. The van der Waals surface area contributed by atoms with Gasteiger partial charge >= 0.3 is 5.97 Å². The molecule has 0 radical (unpaired) electrons. The molecule has 7 nitrogen and oxygen atoms in total. The second-order valence-electron chi connectivity index (χ2n) is 7.09. The number of nitrogens with zero attached hydrogens (tertiary/aromatic N) is 3. The van der Waals surface area contributed by atoms with Crippen LogP contribution in [0.3, 0.4) is 0 Å². The average Bonchev–Trinajstić information content (AvgIpc) is 2.95. The normalized spacial score (nSPS) is 16.0. The third kappa shape index (κ3) is 2.60. The van der Waals surface area contributed by atoms with Gasteiger partial charge < -0.3 is 9.47 Å². The highest BCUT2D eigenvalue weighted by atomic mass is 32.1. The van der Waals surface area contributed by atoms with E-state index in [-0.39, 0.29) is 17.7 Å². The number of thiophene rings is 1. The number of aryl methyl sites for hydroxylation is 1. The molecule has 0 aromatic carbocycles. The van der Waals surface area contributed by atoms with Gasteiger partial charge in [0.25, 0.3) is 5.56 Å². The number of hydrogen-bond acceptors (Lipinski definition) is 7. The summed E-state index contributed by atoms with van der Waals surface area (Å²) in [5.74, 6) is -0.486. The van der Waals surface area contributed by atoms with Crippen molar-refractivity contribution >= 4 is 37.7 Å². The molecule has 0 aliphatic carbocycles. The summed E-state index contributed by atoms with van der Waals surface area (Å²) in [6, 6.07) is 0. The Morgan fingerprint density at radius 3 is 2.92 bits per heavy atom. The summed E-state index contributed by atoms with van der Waals surface area (Å²) in [5, 5.41) is 0.935. The number of carbonyl (C=O) groups is 1. The molecule has 0 N–H and O–H groups in total. The first-order chi connectivity index (χ1) is 12.3. The van der Waals surface area contributed by atoms with Crippen LogP contribution in [0.5, 0.6) is 0 Å². The Morgan fingerprint density at radius 1 is 1.42 bits per heavy atom. The highest BCUT2D eigenvalue weighted by molar-refractivity contribution is 7.25. The molecule has 0 saturated heterocycles. The molecule has 0 bridgehead atoms. The quantitative estimate of drug-likeness (QED) is 0.641. The first-order valence-electron chi connectivity index (χ1n) is 8.31. The van der Waals surface area contributed by atoms with Gasteiger partial charge in [-0.05, 0) is 26.3 Å². The van der Waals surface area contributed by atoms with E-state index < -0.39 is 5.97 Å². The Balaban J connectivity index is 2.00. The van der Waals surface area contributed by atoms with Crippen molar-refractivity contribution in [3.63, 3.8) is 0 Å². The van der Waals surface area contributed by atoms with Gasteiger partial charge in [-0.3, -0.25) is 14.2 Å². The Bertz CT molecular complexity index is 1110. The molecule has 4 heterocycles. The van der Waals surface area contributed by atoms with Gasteiger partial charge in [0.1, 0.15) is 16.1 Å². The topological polar surface area (TPSA) is 83.3 Å². The maximum atomic E-state index is 12.8. The summed E-state index contributed by atoms with van der Waals surface area (Å²) in [5.41, 5.74) is 3.29. The van der Waals surface area contributed by atoms with E-state index in [2.05, 4.69) is 28.6 Å². The van der Waals surface area contributed by atoms with Crippen LogP contribution in [-0.2, 0) is 33.8 Å². The fourth-order valence-electron chi connectivity index (χ4n) is 3.38. The van der Waals surface area contributed by atoms with Crippen LogP contribution in [0.25, 0.3) is 20.4 Å². The zero-order chi connectivity index (χ0) is 18.6. The molecule has 1 aliphatic heterocycles. The highest BCUT2D eigenvalue weighted by Gasteiger charge is 2.31. The van der Waals surface area contributed by atoms with Crippen LogP contribution >= 0.6 is 11.3 Å². The summed E-state index contributed by atoms with van der Waals surface area (Å²) >= 11 is 1.32. The number of fused-ring (bicyclic) bond motifs is 5. The Kier molecular flexibility index (Phi) is 3.85. The minimum absolute atomic E-state index is 0.155. The molecule has 8 heteroatoms. The van der Waals surface area contributed by atoms with E-state index in [0.29, 0.717) is 16.8 Å². The number of ether oxygens (including phenoxy) is 2. The Hall–Kier alpha value is -2.32. The van der Waals surface area contributed by atoms with Crippen molar-refractivity contribution in [2.24, 2.45) is 0 Å². The van der Waals surface area contributed by atoms with Crippen LogP contribution in [-0.4, -0.2) is 33.2 Å². The molecule has 0 amide bonds. The van der Waals surface area contributed by atoms with Crippen molar-refractivity contribution in [2.75, 3.05) is 7.11 Å². The first kappa shape index (κ1) is 17.1. The number of hydrogen-bond donors (Lipinski definition) is 0. The molecular formula is C18H19N3O4S. The molecule has 0 saturated carbocycles. The zero-order valence-corrected chi connectivity index (χ0v) is 15.9. The van der Waals surface area contributed by atoms with Gasteiger partial charge in [-0.25, -0.2) is 9.97 Å². The molecule has 3 aromatic heterocycles. The van der Waals surface area contributed by atoms with Gasteiger partial charge in [0.15, 0.2) is 0 Å².